The number of rotatable bonds is 2. The molecule has 1 amide bonds. The second-order valence-electron chi connectivity index (χ2n) is 3.93. The number of hydrogen-bond acceptors (Lipinski definition) is 2. The Kier molecular flexibility index (Phi) is 3.56. The van der Waals surface area contributed by atoms with Gasteiger partial charge >= 0.3 is 0 Å². The van der Waals surface area contributed by atoms with Crippen molar-refractivity contribution in [2.75, 3.05) is 17.3 Å². The van der Waals surface area contributed by atoms with E-state index < -0.39 is 5.38 Å². The van der Waals surface area contributed by atoms with Crippen LogP contribution in [-0.4, -0.2) is 23.7 Å². The average molecular weight is 269 g/mol. The van der Waals surface area contributed by atoms with E-state index in [-0.39, 0.29) is 11.8 Å². The second kappa shape index (κ2) is 4.95. The van der Waals surface area contributed by atoms with E-state index in [9.17, 15) is 4.79 Å². The van der Waals surface area contributed by atoms with E-state index in [1.165, 1.54) is 0 Å². The summed E-state index contributed by atoms with van der Waals surface area (Å²) in [5.41, 5.74) is 1.23. The van der Waals surface area contributed by atoms with Crippen LogP contribution in [0.2, 0.25) is 0 Å². The van der Waals surface area contributed by atoms with Crippen LogP contribution in [0.15, 0.2) is 24.3 Å². The summed E-state index contributed by atoms with van der Waals surface area (Å²) in [5.74, 6) is 0.165. The number of anilines is 1. The van der Waals surface area contributed by atoms with Gasteiger partial charge in [0, 0.05) is 24.0 Å². The maximum absolute atomic E-state index is 11.9. The quantitative estimate of drug-likeness (QED) is 0.773. The molecule has 88 valence electrons. The highest BCUT2D eigenvalue weighted by Crippen LogP contribution is 2.29. The van der Waals surface area contributed by atoms with Crippen LogP contribution in [0, 0.1) is 17.2 Å². The first-order chi connectivity index (χ1) is 8.17. The van der Waals surface area contributed by atoms with Crippen molar-refractivity contribution in [2.45, 2.75) is 5.38 Å². The standard InChI is InChI=1S/C12H10Cl2N2O/c13-5-9-7-16(12(17)11(9)14)10-3-1-2-8(4-10)6-15/h1-4,9,11H,5,7H2. The van der Waals surface area contributed by atoms with E-state index in [2.05, 4.69) is 0 Å². The van der Waals surface area contributed by atoms with Crippen LogP contribution in [-0.2, 0) is 4.79 Å². The van der Waals surface area contributed by atoms with Crippen molar-refractivity contribution in [3.8, 4) is 6.07 Å². The summed E-state index contributed by atoms with van der Waals surface area (Å²) in [7, 11) is 0. The highest BCUT2D eigenvalue weighted by molar-refractivity contribution is 6.34. The van der Waals surface area contributed by atoms with Crippen LogP contribution in [0.3, 0.4) is 0 Å². The summed E-state index contributed by atoms with van der Waals surface area (Å²) in [5, 5.41) is 8.25. The molecule has 2 unspecified atom stereocenters. The number of hydrogen-bond donors (Lipinski definition) is 0. The largest absolute Gasteiger partial charge is 0.311 e. The molecule has 0 bridgehead atoms. The number of alkyl halides is 2. The van der Waals surface area contributed by atoms with Gasteiger partial charge in [-0.3, -0.25) is 4.79 Å². The third-order valence-corrected chi connectivity index (χ3v) is 3.76. The summed E-state index contributed by atoms with van der Waals surface area (Å²) in [6.07, 6.45) is 0. The predicted octanol–water partition coefficient (Wildman–Crippen LogP) is 2.37. The minimum atomic E-state index is -0.571. The molecule has 2 atom stereocenters. The Morgan fingerprint density at radius 1 is 1.53 bits per heavy atom. The molecule has 1 aliphatic rings. The molecule has 1 aromatic rings. The number of nitrogens with zero attached hydrogens (tertiary/aromatic N) is 2. The molecule has 0 N–H and O–H groups in total. The van der Waals surface area contributed by atoms with E-state index in [1.54, 1.807) is 29.2 Å². The van der Waals surface area contributed by atoms with Crippen molar-refractivity contribution in [3.05, 3.63) is 29.8 Å². The van der Waals surface area contributed by atoms with Crippen LogP contribution in [0.5, 0.6) is 0 Å². The van der Waals surface area contributed by atoms with Crippen molar-refractivity contribution in [3.63, 3.8) is 0 Å². The van der Waals surface area contributed by atoms with Gasteiger partial charge in [-0.15, -0.1) is 23.2 Å². The molecule has 1 fully saturated rings. The fourth-order valence-electron chi connectivity index (χ4n) is 1.87. The summed E-state index contributed by atoms with van der Waals surface area (Å²) >= 11 is 11.8. The van der Waals surface area contributed by atoms with Crippen LogP contribution in [0.25, 0.3) is 0 Å². The highest BCUT2D eigenvalue weighted by atomic mass is 35.5. The Labute approximate surface area is 110 Å². The lowest BCUT2D eigenvalue weighted by Crippen LogP contribution is -2.27. The molecule has 1 aliphatic heterocycles. The monoisotopic (exact) mass is 268 g/mol. The Hall–Kier alpha value is -1.24. The number of benzene rings is 1. The summed E-state index contributed by atoms with van der Waals surface area (Å²) in [6.45, 7) is 0.505. The number of halogens is 2. The lowest BCUT2D eigenvalue weighted by molar-refractivity contribution is -0.117. The zero-order chi connectivity index (χ0) is 12.4. The lowest BCUT2D eigenvalue weighted by atomic mass is 10.1. The van der Waals surface area contributed by atoms with E-state index in [0.29, 0.717) is 23.7 Å². The van der Waals surface area contributed by atoms with Crippen LogP contribution in [0.1, 0.15) is 5.56 Å². The van der Waals surface area contributed by atoms with Crippen LogP contribution >= 0.6 is 23.2 Å². The summed E-state index contributed by atoms with van der Waals surface area (Å²) in [6, 6.07) is 8.96. The molecule has 17 heavy (non-hydrogen) atoms. The third kappa shape index (κ3) is 2.24. The van der Waals surface area contributed by atoms with Gasteiger partial charge < -0.3 is 4.90 Å². The lowest BCUT2D eigenvalue weighted by Gasteiger charge is -2.16. The zero-order valence-corrected chi connectivity index (χ0v) is 10.4. The normalized spacial score (nSPS) is 23.8. The molecule has 2 rings (SSSR count). The molecule has 1 aromatic carbocycles. The van der Waals surface area contributed by atoms with Gasteiger partial charge in [-0.2, -0.15) is 5.26 Å². The first kappa shape index (κ1) is 12.2. The molecule has 0 spiro atoms. The van der Waals surface area contributed by atoms with Gasteiger partial charge in [0.05, 0.1) is 11.6 Å². The predicted molar refractivity (Wildman–Crippen MR) is 67.4 cm³/mol. The Balaban J connectivity index is 2.29. The smallest absolute Gasteiger partial charge is 0.245 e. The first-order valence-electron chi connectivity index (χ1n) is 5.19. The summed E-state index contributed by atoms with van der Waals surface area (Å²) in [4.78, 5) is 13.5. The number of nitriles is 1. The SMILES string of the molecule is N#Cc1cccc(N2CC(CCl)C(Cl)C2=O)c1. The van der Waals surface area contributed by atoms with Gasteiger partial charge in [0.1, 0.15) is 5.38 Å². The molecule has 0 aliphatic carbocycles. The van der Waals surface area contributed by atoms with E-state index >= 15 is 0 Å². The van der Waals surface area contributed by atoms with Crippen molar-refractivity contribution >= 4 is 34.8 Å². The van der Waals surface area contributed by atoms with Crippen molar-refractivity contribution in [1.82, 2.24) is 0 Å². The molecular weight excluding hydrogens is 259 g/mol. The molecule has 1 saturated heterocycles. The summed E-state index contributed by atoms with van der Waals surface area (Å²) < 4.78 is 0. The number of carbonyl (C=O) groups excluding carboxylic acids is 1. The van der Waals surface area contributed by atoms with Gasteiger partial charge in [0.2, 0.25) is 5.91 Å². The van der Waals surface area contributed by atoms with Crippen LogP contribution in [0.4, 0.5) is 5.69 Å². The van der Waals surface area contributed by atoms with Crippen molar-refractivity contribution < 1.29 is 4.79 Å². The minimum Gasteiger partial charge on any atom is -0.311 e. The van der Waals surface area contributed by atoms with Crippen LogP contribution < -0.4 is 4.90 Å². The highest BCUT2D eigenvalue weighted by Gasteiger charge is 2.39. The van der Waals surface area contributed by atoms with Crippen molar-refractivity contribution in [2.24, 2.45) is 5.92 Å². The van der Waals surface area contributed by atoms with Gasteiger partial charge in [0.25, 0.3) is 0 Å². The Morgan fingerprint density at radius 2 is 2.29 bits per heavy atom. The van der Waals surface area contributed by atoms with Crippen molar-refractivity contribution in [1.29, 1.82) is 5.26 Å². The minimum absolute atomic E-state index is 0.0448. The molecule has 0 radical (unpaired) electrons. The van der Waals surface area contributed by atoms with E-state index in [4.69, 9.17) is 28.5 Å². The molecule has 0 saturated carbocycles. The fraction of sp³-hybridized carbons (Fsp3) is 0.333. The topological polar surface area (TPSA) is 44.1 Å². The molecule has 1 heterocycles. The van der Waals surface area contributed by atoms with E-state index in [1.807, 2.05) is 6.07 Å². The second-order valence-corrected chi connectivity index (χ2v) is 4.71. The number of amides is 1. The zero-order valence-electron chi connectivity index (χ0n) is 8.94. The Bertz CT molecular complexity index is 484. The number of carbonyl (C=O) groups is 1. The fourth-order valence-corrected chi connectivity index (χ4v) is 2.52. The van der Waals surface area contributed by atoms with Gasteiger partial charge in [-0.05, 0) is 18.2 Å². The molecule has 0 aromatic heterocycles. The Morgan fingerprint density at radius 3 is 2.88 bits per heavy atom. The van der Waals surface area contributed by atoms with E-state index in [0.717, 1.165) is 0 Å². The third-order valence-electron chi connectivity index (χ3n) is 2.82. The molecule has 5 heteroatoms. The molecular formula is C12H10Cl2N2O. The average Bonchev–Trinajstić information content (AvgIpc) is 2.66. The van der Waals surface area contributed by atoms with Gasteiger partial charge in [-0.1, -0.05) is 6.07 Å². The maximum Gasteiger partial charge on any atom is 0.245 e. The maximum atomic E-state index is 11.9. The van der Waals surface area contributed by atoms with Gasteiger partial charge in [0.15, 0.2) is 0 Å². The van der Waals surface area contributed by atoms with Gasteiger partial charge in [-0.25, -0.2) is 0 Å². The molecule has 3 nitrogen and oxygen atoms in total. The first-order valence-corrected chi connectivity index (χ1v) is 6.16.